The van der Waals surface area contributed by atoms with Crippen LogP contribution in [0.25, 0.3) is 0 Å². The number of allylic oxidation sites excluding steroid dienone is 1. The highest BCUT2D eigenvalue weighted by molar-refractivity contribution is 7.14. The Hall–Kier alpha value is -1.09. The van der Waals surface area contributed by atoms with Crippen molar-refractivity contribution >= 4 is 17.1 Å². The Morgan fingerprint density at radius 2 is 2.36 bits per heavy atom. The normalized spacial score (nSPS) is 10.6. The predicted octanol–water partition coefficient (Wildman–Crippen LogP) is 2.31. The smallest absolute Gasteiger partial charge is 0.198 e. The Kier molecular flexibility index (Phi) is 2.44. The van der Waals surface area contributed by atoms with Gasteiger partial charge >= 0.3 is 0 Å². The molecule has 0 aliphatic heterocycles. The van der Waals surface area contributed by atoms with Crippen LogP contribution in [0.2, 0.25) is 0 Å². The zero-order valence-corrected chi connectivity index (χ0v) is 6.89. The molecule has 58 valence electrons. The van der Waals surface area contributed by atoms with Crippen LogP contribution in [-0.2, 0) is 0 Å². The molecule has 0 fully saturated rings. The molecule has 1 aromatic heterocycles. The number of ketones is 1. The fraction of sp³-hybridized carbons (Fsp3) is 0.125. The van der Waals surface area contributed by atoms with Crippen molar-refractivity contribution in [3.63, 3.8) is 0 Å². The van der Waals surface area contributed by atoms with Crippen LogP contribution in [0, 0.1) is 6.92 Å². The van der Waals surface area contributed by atoms with E-state index in [0.717, 1.165) is 17.2 Å². The Labute approximate surface area is 68.8 Å². The van der Waals surface area contributed by atoms with Crippen molar-refractivity contribution in [1.82, 2.24) is 0 Å². The summed E-state index contributed by atoms with van der Waals surface area (Å²) in [5.41, 5.74) is 0. The number of carbonyl (C=O) groups excluding carboxylic acids is 1. The molecule has 0 radical (unpaired) electrons. The summed E-state index contributed by atoms with van der Waals surface area (Å²) in [6, 6.07) is 3.63. The van der Waals surface area contributed by atoms with Gasteiger partial charge in [0.05, 0.1) is 11.1 Å². The fourth-order valence-corrected chi connectivity index (χ4v) is 1.50. The van der Waals surface area contributed by atoms with Crippen molar-refractivity contribution in [3.05, 3.63) is 34.2 Å². The summed E-state index contributed by atoms with van der Waals surface area (Å²) >= 11 is 1.42. The fourth-order valence-electron chi connectivity index (χ4n) is 0.717. The molecule has 0 saturated heterocycles. The molecule has 0 spiro atoms. The van der Waals surface area contributed by atoms with E-state index in [1.807, 2.05) is 13.0 Å². The van der Waals surface area contributed by atoms with E-state index in [9.17, 15) is 4.79 Å². The minimum absolute atomic E-state index is 0.148. The van der Waals surface area contributed by atoms with Crippen LogP contribution in [0.1, 0.15) is 14.5 Å². The number of aliphatic hydroxyl groups is 1. The molecule has 0 bridgehead atoms. The number of thiophene rings is 1. The van der Waals surface area contributed by atoms with Gasteiger partial charge in [0.25, 0.3) is 0 Å². The number of hydrogen-bond donors (Lipinski definition) is 1. The summed E-state index contributed by atoms with van der Waals surface area (Å²) < 4.78 is 0. The highest BCUT2D eigenvalue weighted by Gasteiger charge is 2.02. The van der Waals surface area contributed by atoms with Crippen LogP contribution >= 0.6 is 11.3 Å². The van der Waals surface area contributed by atoms with Crippen molar-refractivity contribution < 1.29 is 9.90 Å². The number of rotatable bonds is 2. The average molecular weight is 168 g/mol. The van der Waals surface area contributed by atoms with E-state index in [2.05, 4.69) is 0 Å². The summed E-state index contributed by atoms with van der Waals surface area (Å²) in [4.78, 5) is 12.8. The highest BCUT2D eigenvalue weighted by atomic mass is 32.1. The maximum Gasteiger partial charge on any atom is 0.198 e. The van der Waals surface area contributed by atoms with E-state index in [-0.39, 0.29) is 5.78 Å². The molecule has 0 aromatic carbocycles. The molecule has 1 aromatic rings. The third kappa shape index (κ3) is 1.91. The molecule has 0 amide bonds. The monoisotopic (exact) mass is 168 g/mol. The van der Waals surface area contributed by atoms with Gasteiger partial charge in [-0.15, -0.1) is 11.3 Å². The maximum absolute atomic E-state index is 11.0. The first-order valence-electron chi connectivity index (χ1n) is 3.15. The zero-order valence-electron chi connectivity index (χ0n) is 6.07. The highest BCUT2D eigenvalue weighted by Crippen LogP contribution is 2.15. The summed E-state index contributed by atoms with van der Waals surface area (Å²) in [5, 5.41) is 8.31. The van der Waals surface area contributed by atoms with E-state index >= 15 is 0 Å². The van der Waals surface area contributed by atoms with E-state index in [4.69, 9.17) is 5.11 Å². The van der Waals surface area contributed by atoms with Crippen LogP contribution in [-0.4, -0.2) is 10.9 Å². The van der Waals surface area contributed by atoms with Gasteiger partial charge in [0.1, 0.15) is 0 Å². The van der Waals surface area contributed by atoms with Gasteiger partial charge in [-0.05, 0) is 19.1 Å². The van der Waals surface area contributed by atoms with E-state index < -0.39 is 0 Å². The number of aliphatic hydroxyl groups excluding tert-OH is 1. The molecular weight excluding hydrogens is 160 g/mol. The lowest BCUT2D eigenvalue weighted by Crippen LogP contribution is -1.87. The minimum Gasteiger partial charge on any atom is -0.515 e. The predicted molar refractivity (Wildman–Crippen MR) is 45.2 cm³/mol. The molecule has 1 N–H and O–H groups in total. The topological polar surface area (TPSA) is 37.3 Å². The van der Waals surface area contributed by atoms with Gasteiger partial charge in [-0.3, -0.25) is 4.79 Å². The first-order chi connectivity index (χ1) is 5.24. The van der Waals surface area contributed by atoms with Crippen LogP contribution in [0.3, 0.4) is 0 Å². The molecule has 0 atom stereocenters. The quantitative estimate of drug-likeness (QED) is 0.418. The number of carbonyl (C=O) groups is 1. The Bertz CT molecular complexity index is 286. The van der Waals surface area contributed by atoms with Gasteiger partial charge in [0.15, 0.2) is 5.78 Å². The zero-order chi connectivity index (χ0) is 8.27. The first-order valence-corrected chi connectivity index (χ1v) is 3.97. The van der Waals surface area contributed by atoms with Crippen LogP contribution in [0.4, 0.5) is 0 Å². The van der Waals surface area contributed by atoms with E-state index in [0.29, 0.717) is 4.88 Å². The van der Waals surface area contributed by atoms with Gasteiger partial charge in [0.2, 0.25) is 0 Å². The molecule has 0 aliphatic carbocycles. The van der Waals surface area contributed by atoms with Crippen LogP contribution in [0.5, 0.6) is 0 Å². The molecule has 1 heterocycles. The Balaban J connectivity index is 2.85. The Morgan fingerprint density at radius 3 is 2.82 bits per heavy atom. The van der Waals surface area contributed by atoms with E-state index in [1.165, 1.54) is 11.3 Å². The van der Waals surface area contributed by atoms with Gasteiger partial charge in [-0.25, -0.2) is 0 Å². The second-order valence-electron chi connectivity index (χ2n) is 2.09. The maximum atomic E-state index is 11.0. The van der Waals surface area contributed by atoms with Crippen LogP contribution < -0.4 is 0 Å². The summed E-state index contributed by atoms with van der Waals surface area (Å²) in [6.45, 7) is 1.93. The summed E-state index contributed by atoms with van der Waals surface area (Å²) in [5.74, 6) is -0.148. The molecule has 0 saturated carbocycles. The van der Waals surface area contributed by atoms with Crippen molar-refractivity contribution in [2.45, 2.75) is 6.92 Å². The molecule has 2 nitrogen and oxygen atoms in total. The van der Waals surface area contributed by atoms with Crippen LogP contribution in [0.15, 0.2) is 24.5 Å². The second-order valence-corrected chi connectivity index (χ2v) is 3.38. The molecule has 11 heavy (non-hydrogen) atoms. The lowest BCUT2D eigenvalue weighted by atomic mass is 10.3. The summed E-state index contributed by atoms with van der Waals surface area (Å²) in [7, 11) is 0. The van der Waals surface area contributed by atoms with Crippen molar-refractivity contribution in [2.75, 3.05) is 0 Å². The second kappa shape index (κ2) is 3.34. The van der Waals surface area contributed by atoms with Crippen molar-refractivity contribution in [3.8, 4) is 0 Å². The van der Waals surface area contributed by atoms with Gasteiger partial charge in [-0.1, -0.05) is 0 Å². The minimum atomic E-state index is -0.148. The molecule has 0 unspecified atom stereocenters. The first kappa shape index (κ1) is 8.01. The third-order valence-electron chi connectivity index (χ3n) is 1.21. The van der Waals surface area contributed by atoms with E-state index in [1.54, 1.807) is 6.07 Å². The Morgan fingerprint density at radius 1 is 1.64 bits per heavy atom. The van der Waals surface area contributed by atoms with Gasteiger partial charge in [0, 0.05) is 11.0 Å². The molecule has 0 aliphatic rings. The average Bonchev–Trinajstić information content (AvgIpc) is 2.36. The molecular formula is C8H8O2S. The summed E-state index contributed by atoms with van der Waals surface area (Å²) in [6.07, 6.45) is 1.91. The molecule has 1 rings (SSSR count). The SMILES string of the molecule is Cc1ccc(C(=O)C=CO)s1. The standard InChI is InChI=1S/C8H8O2S/c1-6-2-3-8(11-6)7(10)4-5-9/h2-5,9H,1H3. The lowest BCUT2D eigenvalue weighted by molar-refractivity contribution is 0.104. The largest absolute Gasteiger partial charge is 0.515 e. The number of hydrogen-bond acceptors (Lipinski definition) is 3. The van der Waals surface area contributed by atoms with Crippen molar-refractivity contribution in [1.29, 1.82) is 0 Å². The lowest BCUT2D eigenvalue weighted by Gasteiger charge is -1.84. The van der Waals surface area contributed by atoms with Crippen molar-refractivity contribution in [2.24, 2.45) is 0 Å². The third-order valence-corrected chi connectivity index (χ3v) is 2.22. The number of aryl methyl sites for hydroxylation is 1. The van der Waals surface area contributed by atoms with Gasteiger partial charge < -0.3 is 5.11 Å². The molecule has 3 heteroatoms. The van der Waals surface area contributed by atoms with Gasteiger partial charge in [-0.2, -0.15) is 0 Å².